The van der Waals surface area contributed by atoms with Crippen molar-refractivity contribution in [3.05, 3.63) is 0 Å². The fraction of sp³-hybridized carbons (Fsp3) is 1.00. The predicted octanol–water partition coefficient (Wildman–Crippen LogP) is -1.72. The van der Waals surface area contributed by atoms with Crippen LogP contribution in [0.5, 0.6) is 0 Å². The van der Waals surface area contributed by atoms with Crippen LogP contribution in [0.25, 0.3) is 0 Å². The molecular formula is C3H13AlMgOZn. The molecule has 0 aliphatic carbocycles. The molecule has 0 heterocycles. The quantitative estimate of drug-likeness (QED) is 0.442. The number of aliphatic hydroxyl groups excluding tert-OH is 1. The predicted molar refractivity (Wildman–Crippen MR) is 35.8 cm³/mol. The van der Waals surface area contributed by atoms with Crippen LogP contribution in [0.4, 0.5) is 0 Å². The molecular weight excluding hydrogens is 169 g/mol. The Labute approximate surface area is 84.3 Å². The molecule has 0 atom stereocenters. The van der Waals surface area contributed by atoms with Crippen LogP contribution in [0.1, 0.15) is 13.8 Å². The Kier molecular flexibility index (Phi) is 51.8. The minimum absolute atomic E-state index is 0. The van der Waals surface area contributed by atoms with Gasteiger partial charge in [0.05, 0.1) is 0 Å². The van der Waals surface area contributed by atoms with E-state index in [1.165, 1.54) is 0 Å². The van der Waals surface area contributed by atoms with E-state index < -0.39 is 0 Å². The van der Waals surface area contributed by atoms with Crippen molar-refractivity contribution in [2.24, 2.45) is 0 Å². The molecule has 1 N–H and O–H groups in total. The first kappa shape index (κ1) is 23.2. The summed E-state index contributed by atoms with van der Waals surface area (Å²) in [6, 6.07) is 0. The second kappa shape index (κ2) is 15.7. The topological polar surface area (TPSA) is 20.2 Å². The van der Waals surface area contributed by atoms with Crippen LogP contribution in [0.3, 0.4) is 0 Å². The molecule has 0 unspecified atom stereocenters. The average Bonchev–Trinajstić information content (AvgIpc) is 0.811. The Balaban J connectivity index is -0.0000000150. The summed E-state index contributed by atoms with van der Waals surface area (Å²) in [4.78, 5) is 0. The summed E-state index contributed by atoms with van der Waals surface area (Å²) in [5.41, 5.74) is 0. The molecule has 0 rings (SSSR count). The molecule has 0 aliphatic heterocycles. The van der Waals surface area contributed by atoms with Gasteiger partial charge in [0.25, 0.3) is 0 Å². The monoisotopic (exact) mass is 180 g/mol. The number of hydrogen-bond donors (Lipinski definition) is 1. The molecule has 0 bridgehead atoms. The van der Waals surface area contributed by atoms with Crippen molar-refractivity contribution < 1.29 is 24.6 Å². The number of hydrogen-bond acceptors (Lipinski definition) is 1. The van der Waals surface area contributed by atoms with Gasteiger partial charge in [-0.2, -0.15) is 0 Å². The van der Waals surface area contributed by atoms with E-state index in [9.17, 15) is 0 Å². The van der Waals surface area contributed by atoms with Crippen molar-refractivity contribution in [1.82, 2.24) is 0 Å². The summed E-state index contributed by atoms with van der Waals surface area (Å²) < 4.78 is 0. The third kappa shape index (κ3) is 77.0. The van der Waals surface area contributed by atoms with Gasteiger partial charge < -0.3 is 5.11 Å². The minimum atomic E-state index is -0.167. The largest absolute Gasteiger partial charge is 0.394 e. The second-order valence-corrected chi connectivity index (χ2v) is 1.09. The van der Waals surface area contributed by atoms with Gasteiger partial charge in [-0.3, -0.25) is 0 Å². The van der Waals surface area contributed by atoms with Gasteiger partial charge in [-0.15, -0.1) is 0 Å². The third-order valence-corrected chi connectivity index (χ3v) is 0. The zero-order valence-electron chi connectivity index (χ0n) is 3.73. The summed E-state index contributed by atoms with van der Waals surface area (Å²) >= 11 is 0. The van der Waals surface area contributed by atoms with Crippen LogP contribution in [0.2, 0.25) is 0 Å². The molecule has 1 nitrogen and oxygen atoms in total. The zero-order valence-corrected chi connectivity index (χ0v) is 6.70. The minimum Gasteiger partial charge on any atom is -0.394 e. The van der Waals surface area contributed by atoms with E-state index in [4.69, 9.17) is 5.11 Å². The SMILES string of the molecule is CC(C)O.[AlH3].[MgH2].[Zn]. The van der Waals surface area contributed by atoms with Gasteiger partial charge >= 0.3 is 23.1 Å². The average molecular weight is 182 g/mol. The molecule has 0 aromatic rings. The molecule has 0 amide bonds. The molecule has 0 aliphatic rings. The van der Waals surface area contributed by atoms with Gasteiger partial charge in [0, 0.05) is 25.6 Å². The van der Waals surface area contributed by atoms with Gasteiger partial charge in [-0.05, 0) is 13.8 Å². The number of rotatable bonds is 0. The maximum absolute atomic E-state index is 8.06. The molecule has 0 saturated heterocycles. The van der Waals surface area contributed by atoms with Crippen molar-refractivity contribution in [2.75, 3.05) is 0 Å². The Morgan fingerprint density at radius 2 is 1.29 bits per heavy atom. The standard InChI is InChI=1S/C3H8O.Al.Mg.Zn.5H/c1-3(2)4;;;;;;;;/h3-4H,1-2H3;;;;;;;;. The molecule has 0 fully saturated rings. The molecule has 0 aromatic heterocycles. The fourth-order valence-electron chi connectivity index (χ4n) is 0. The van der Waals surface area contributed by atoms with Crippen molar-refractivity contribution >= 4 is 40.4 Å². The Morgan fingerprint density at radius 1 is 1.29 bits per heavy atom. The van der Waals surface area contributed by atoms with Crippen LogP contribution < -0.4 is 0 Å². The normalized spacial score (nSPS) is 5.14. The Hall–Kier alpha value is 1.88. The van der Waals surface area contributed by atoms with Crippen molar-refractivity contribution in [3.63, 3.8) is 0 Å². The van der Waals surface area contributed by atoms with Crippen LogP contribution in [-0.4, -0.2) is 51.6 Å². The summed E-state index contributed by atoms with van der Waals surface area (Å²) in [5.74, 6) is 0. The van der Waals surface area contributed by atoms with E-state index in [0.717, 1.165) is 0 Å². The molecule has 0 radical (unpaired) electrons. The number of aliphatic hydroxyl groups is 1. The maximum atomic E-state index is 8.06. The first-order valence-corrected chi connectivity index (χ1v) is 1.41. The van der Waals surface area contributed by atoms with E-state index >= 15 is 0 Å². The Morgan fingerprint density at radius 3 is 1.29 bits per heavy atom. The Bertz CT molecular complexity index is 19.7. The van der Waals surface area contributed by atoms with Gasteiger partial charge in [0.15, 0.2) is 17.4 Å². The first-order valence-electron chi connectivity index (χ1n) is 1.41. The first-order chi connectivity index (χ1) is 1.73. The molecule has 0 spiro atoms. The van der Waals surface area contributed by atoms with Crippen molar-refractivity contribution in [3.8, 4) is 0 Å². The summed E-state index contributed by atoms with van der Waals surface area (Å²) in [7, 11) is 0. The van der Waals surface area contributed by atoms with Crippen LogP contribution in [0.15, 0.2) is 0 Å². The molecule has 4 heteroatoms. The van der Waals surface area contributed by atoms with Crippen LogP contribution in [-0.2, 0) is 19.5 Å². The van der Waals surface area contributed by atoms with Crippen LogP contribution >= 0.6 is 0 Å². The van der Waals surface area contributed by atoms with E-state index in [1.807, 2.05) is 0 Å². The smallest absolute Gasteiger partial charge is 0.316 e. The van der Waals surface area contributed by atoms with Crippen molar-refractivity contribution in [2.45, 2.75) is 20.0 Å². The third-order valence-electron chi connectivity index (χ3n) is 0. The van der Waals surface area contributed by atoms with Gasteiger partial charge in [0.1, 0.15) is 0 Å². The fourth-order valence-corrected chi connectivity index (χ4v) is 0. The molecule has 38 valence electrons. The van der Waals surface area contributed by atoms with Gasteiger partial charge in [-0.1, -0.05) is 0 Å². The maximum Gasteiger partial charge on any atom is 0.316 e. The van der Waals surface area contributed by atoms with E-state index in [-0.39, 0.29) is 66.0 Å². The van der Waals surface area contributed by atoms with Crippen LogP contribution in [0, 0.1) is 0 Å². The summed E-state index contributed by atoms with van der Waals surface area (Å²) in [6.07, 6.45) is -0.167. The zero-order chi connectivity index (χ0) is 3.58. The summed E-state index contributed by atoms with van der Waals surface area (Å²) in [6.45, 7) is 3.44. The van der Waals surface area contributed by atoms with Gasteiger partial charge in [-0.25, -0.2) is 0 Å². The van der Waals surface area contributed by atoms with Crippen molar-refractivity contribution in [1.29, 1.82) is 0 Å². The van der Waals surface area contributed by atoms with E-state index in [0.29, 0.717) is 0 Å². The molecule has 7 heavy (non-hydrogen) atoms. The van der Waals surface area contributed by atoms with E-state index in [1.54, 1.807) is 13.8 Å². The molecule has 0 aromatic carbocycles. The molecule has 0 saturated carbocycles. The summed E-state index contributed by atoms with van der Waals surface area (Å²) in [5, 5.41) is 8.06. The van der Waals surface area contributed by atoms with E-state index in [2.05, 4.69) is 0 Å². The van der Waals surface area contributed by atoms with Gasteiger partial charge in [0.2, 0.25) is 0 Å². The second-order valence-electron chi connectivity index (χ2n) is 1.09.